The quantitative estimate of drug-likeness (QED) is 0.580. The first kappa shape index (κ1) is 27.0. The highest BCUT2D eigenvalue weighted by atomic mass is 28.5. The van der Waals surface area contributed by atoms with Crippen LogP contribution in [0.4, 0.5) is 0 Å². The summed E-state index contributed by atoms with van der Waals surface area (Å²) in [6, 6.07) is -0.290. The molecular weight excluding hydrogens is 470 g/mol. The summed E-state index contributed by atoms with van der Waals surface area (Å²) >= 11 is 0. The van der Waals surface area contributed by atoms with Crippen molar-refractivity contribution >= 4 is 28.9 Å². The second-order valence-corrected chi connectivity index (χ2v) is 19.6. The molecule has 2 saturated heterocycles. The summed E-state index contributed by atoms with van der Waals surface area (Å²) in [5.74, 6) is -0.890. The zero-order valence-corrected chi connectivity index (χ0v) is 23.9. The minimum atomic E-state index is -2.80. The number of aromatic nitrogens is 3. The van der Waals surface area contributed by atoms with Crippen molar-refractivity contribution in [1.82, 2.24) is 19.7 Å². The van der Waals surface area contributed by atoms with Gasteiger partial charge in [-0.05, 0) is 22.2 Å². The zero-order valence-electron chi connectivity index (χ0n) is 21.9. The molecule has 3 rings (SSSR count). The molecule has 2 N–H and O–H groups in total. The van der Waals surface area contributed by atoms with Crippen molar-refractivity contribution in [2.75, 3.05) is 6.61 Å². The van der Waals surface area contributed by atoms with Crippen molar-refractivity contribution in [3.05, 3.63) is 12.2 Å². The number of nitrogens with zero attached hydrogens (tertiary/aromatic N) is 4. The number of hydrogen-bond donors (Lipinski definition) is 1. The fourth-order valence-electron chi connectivity index (χ4n) is 5.57. The maximum absolute atomic E-state index is 12.9. The largest absolute Gasteiger partial charge is 0.414 e. The van der Waals surface area contributed by atoms with Crippen LogP contribution in [0, 0.1) is 0 Å². The van der Waals surface area contributed by atoms with Gasteiger partial charge in [0.2, 0.25) is 11.7 Å². The van der Waals surface area contributed by atoms with E-state index in [0.29, 0.717) is 13.0 Å². The normalized spacial score (nSPS) is 26.7. The Morgan fingerprint density at radius 2 is 1.59 bits per heavy atom. The maximum atomic E-state index is 12.9. The SMILES string of the molecule is CC(=O)N1[C@@H]2CO[Si](C(C)C)(C(C)C)O[Si](C(C)C)(C(C)C)O[C@H]2C[C@@H]1n1cnc(C(N)=O)n1. The van der Waals surface area contributed by atoms with Crippen molar-refractivity contribution < 1.29 is 22.6 Å². The van der Waals surface area contributed by atoms with E-state index in [1.54, 1.807) is 16.5 Å². The Balaban J connectivity index is 2.11. The van der Waals surface area contributed by atoms with Crippen LogP contribution in [0.5, 0.6) is 0 Å². The molecular formula is C22H41N5O5Si2. The average Bonchev–Trinajstić information content (AvgIpc) is 3.32. The second-order valence-electron chi connectivity index (χ2n) is 10.8. The van der Waals surface area contributed by atoms with Crippen LogP contribution in [-0.2, 0) is 17.8 Å². The molecule has 10 nitrogen and oxygen atoms in total. The molecule has 3 atom stereocenters. The summed E-state index contributed by atoms with van der Waals surface area (Å²) in [6.45, 7) is 19.3. The van der Waals surface area contributed by atoms with Gasteiger partial charge in [0.25, 0.3) is 5.91 Å². The third-order valence-electron chi connectivity index (χ3n) is 7.30. The summed E-state index contributed by atoms with van der Waals surface area (Å²) in [5.41, 5.74) is 6.17. The Bertz CT molecular complexity index is 890. The molecule has 0 saturated carbocycles. The van der Waals surface area contributed by atoms with Crippen molar-refractivity contribution in [3.63, 3.8) is 0 Å². The number of likely N-dealkylation sites (tertiary alicyclic amines) is 1. The molecule has 34 heavy (non-hydrogen) atoms. The van der Waals surface area contributed by atoms with Crippen LogP contribution < -0.4 is 5.73 Å². The smallest absolute Gasteiger partial charge is 0.335 e. The Hall–Kier alpha value is -1.61. The van der Waals surface area contributed by atoms with Crippen molar-refractivity contribution in [2.24, 2.45) is 5.73 Å². The Morgan fingerprint density at radius 3 is 2.03 bits per heavy atom. The molecule has 0 unspecified atom stereocenters. The predicted molar refractivity (Wildman–Crippen MR) is 132 cm³/mol. The monoisotopic (exact) mass is 511 g/mol. The summed E-state index contributed by atoms with van der Waals surface area (Å²) < 4.78 is 22.7. The lowest BCUT2D eigenvalue weighted by molar-refractivity contribution is -0.135. The molecule has 0 spiro atoms. The van der Waals surface area contributed by atoms with Crippen LogP contribution in [-0.4, -0.2) is 67.4 Å². The minimum absolute atomic E-state index is 0.0764. The number of primary amides is 1. The summed E-state index contributed by atoms with van der Waals surface area (Å²) in [6.07, 6.45) is 1.23. The van der Waals surface area contributed by atoms with E-state index < -0.39 is 29.2 Å². The van der Waals surface area contributed by atoms with Gasteiger partial charge >= 0.3 is 17.1 Å². The molecule has 2 fully saturated rings. The van der Waals surface area contributed by atoms with Crippen LogP contribution in [0.15, 0.2) is 6.33 Å². The number of carbonyl (C=O) groups is 2. The fraction of sp³-hybridized carbons (Fsp3) is 0.818. The van der Waals surface area contributed by atoms with E-state index in [1.165, 1.54) is 6.33 Å². The number of hydrogen-bond acceptors (Lipinski definition) is 7. The third kappa shape index (κ3) is 4.50. The van der Waals surface area contributed by atoms with Gasteiger partial charge in [0.15, 0.2) is 0 Å². The van der Waals surface area contributed by atoms with Gasteiger partial charge in [-0.2, -0.15) is 0 Å². The van der Waals surface area contributed by atoms with E-state index >= 15 is 0 Å². The van der Waals surface area contributed by atoms with Crippen LogP contribution in [0.25, 0.3) is 0 Å². The van der Waals surface area contributed by atoms with E-state index in [2.05, 4.69) is 65.5 Å². The number of carbonyl (C=O) groups excluding carboxylic acids is 2. The Kier molecular flexibility index (Phi) is 7.78. The number of fused-ring (bicyclic) bond motifs is 1. The minimum Gasteiger partial charge on any atom is -0.414 e. The van der Waals surface area contributed by atoms with Gasteiger partial charge in [-0.25, -0.2) is 9.67 Å². The fourth-order valence-corrected chi connectivity index (χ4v) is 16.8. The molecule has 0 aromatic carbocycles. The van der Waals surface area contributed by atoms with Crippen LogP contribution in [0.2, 0.25) is 22.2 Å². The van der Waals surface area contributed by atoms with Crippen molar-refractivity contribution in [3.8, 4) is 0 Å². The highest BCUT2D eigenvalue weighted by Crippen LogP contribution is 2.48. The molecule has 0 aliphatic carbocycles. The van der Waals surface area contributed by atoms with Gasteiger partial charge in [-0.15, -0.1) is 5.10 Å². The first-order valence-corrected chi connectivity index (χ1v) is 16.2. The second kappa shape index (κ2) is 9.80. The Labute approximate surface area is 205 Å². The number of amides is 2. The summed E-state index contributed by atoms with van der Waals surface area (Å²) in [4.78, 5) is 30.3. The van der Waals surface area contributed by atoms with Crippen LogP contribution in [0.3, 0.4) is 0 Å². The van der Waals surface area contributed by atoms with E-state index in [9.17, 15) is 9.59 Å². The van der Waals surface area contributed by atoms with Gasteiger partial charge in [0, 0.05) is 13.3 Å². The van der Waals surface area contributed by atoms with Gasteiger partial charge in [-0.1, -0.05) is 55.4 Å². The molecule has 1 aromatic heterocycles. The lowest BCUT2D eigenvalue weighted by Crippen LogP contribution is -2.65. The highest BCUT2D eigenvalue weighted by molar-refractivity contribution is 6.84. The molecule has 2 amide bonds. The highest BCUT2D eigenvalue weighted by Gasteiger charge is 2.61. The summed E-state index contributed by atoms with van der Waals surface area (Å²) in [7, 11) is -5.51. The third-order valence-corrected chi connectivity index (χ3v) is 17.6. The Morgan fingerprint density at radius 1 is 1.03 bits per heavy atom. The number of rotatable bonds is 6. The molecule has 12 heteroatoms. The molecule has 3 heterocycles. The predicted octanol–water partition coefficient (Wildman–Crippen LogP) is 3.45. The van der Waals surface area contributed by atoms with E-state index in [-0.39, 0.29) is 46.0 Å². The number of nitrogens with two attached hydrogens (primary N) is 1. The van der Waals surface area contributed by atoms with E-state index in [4.69, 9.17) is 18.7 Å². The zero-order chi connectivity index (χ0) is 25.6. The molecule has 2 aliphatic heterocycles. The lowest BCUT2D eigenvalue weighted by Gasteiger charge is -2.51. The molecule has 192 valence electrons. The first-order chi connectivity index (χ1) is 15.8. The topological polar surface area (TPSA) is 122 Å². The average molecular weight is 512 g/mol. The van der Waals surface area contributed by atoms with Gasteiger partial charge < -0.3 is 23.6 Å². The van der Waals surface area contributed by atoms with Crippen LogP contribution in [0.1, 0.15) is 85.5 Å². The standard InChI is InChI=1S/C22H41N5O5Si2/c1-13(2)33(14(3)4)30-11-18-19(31-34(32-33,15(5)6)16(7)8)10-20(27(18)17(9)28)26-12-24-22(25-26)21(23)29/h12-16,18-20H,10-11H2,1-9H3,(H2,23,29)/t18-,19+,20-/m1/s1. The molecule has 2 aliphatic rings. The maximum Gasteiger partial charge on any atom is 0.335 e. The molecule has 0 radical (unpaired) electrons. The van der Waals surface area contributed by atoms with Crippen LogP contribution >= 0.6 is 0 Å². The van der Waals surface area contributed by atoms with Crippen molar-refractivity contribution in [2.45, 2.75) is 109 Å². The van der Waals surface area contributed by atoms with Gasteiger partial charge in [0.1, 0.15) is 12.5 Å². The summed E-state index contributed by atoms with van der Waals surface area (Å²) in [5, 5.41) is 4.25. The van der Waals surface area contributed by atoms with E-state index in [1.807, 2.05) is 0 Å². The lowest BCUT2D eigenvalue weighted by atomic mass is 10.2. The van der Waals surface area contributed by atoms with E-state index in [0.717, 1.165) is 0 Å². The van der Waals surface area contributed by atoms with Gasteiger partial charge in [0.05, 0.1) is 18.8 Å². The van der Waals surface area contributed by atoms with Gasteiger partial charge in [-0.3, -0.25) is 9.59 Å². The molecule has 0 bridgehead atoms. The van der Waals surface area contributed by atoms with Crippen molar-refractivity contribution in [1.29, 1.82) is 0 Å². The molecule has 1 aromatic rings. The first-order valence-electron chi connectivity index (χ1n) is 12.3.